The van der Waals surface area contributed by atoms with Crippen molar-refractivity contribution in [1.29, 1.82) is 0 Å². The third-order valence-electron chi connectivity index (χ3n) is 3.88. The Labute approximate surface area is 113 Å². The van der Waals surface area contributed by atoms with Crippen LogP contribution in [0.5, 0.6) is 0 Å². The molecule has 2 heterocycles. The van der Waals surface area contributed by atoms with E-state index in [0.29, 0.717) is 13.1 Å². The zero-order valence-electron chi connectivity index (χ0n) is 11.6. The van der Waals surface area contributed by atoms with Crippen molar-refractivity contribution in [2.45, 2.75) is 45.2 Å². The smallest absolute Gasteiger partial charge is 0.117 e. The minimum atomic E-state index is -0.235. The van der Waals surface area contributed by atoms with Gasteiger partial charge in [0.15, 0.2) is 0 Å². The van der Waals surface area contributed by atoms with E-state index in [1.54, 1.807) is 0 Å². The van der Waals surface area contributed by atoms with E-state index in [4.69, 9.17) is 20.3 Å². The van der Waals surface area contributed by atoms with Gasteiger partial charge in [-0.3, -0.25) is 0 Å². The fraction of sp³-hybridized carbons (Fsp3) is 0.467. The van der Waals surface area contributed by atoms with Gasteiger partial charge in [-0.15, -0.1) is 0 Å². The Morgan fingerprint density at radius 1 is 0.842 bits per heavy atom. The van der Waals surface area contributed by atoms with Crippen molar-refractivity contribution in [2.24, 2.45) is 11.5 Å². The summed E-state index contributed by atoms with van der Waals surface area (Å²) in [5, 5.41) is 0. The lowest BCUT2D eigenvalue weighted by Gasteiger charge is -2.27. The molecule has 0 aliphatic rings. The third kappa shape index (κ3) is 2.33. The quantitative estimate of drug-likeness (QED) is 0.839. The first-order chi connectivity index (χ1) is 9.20. The number of hydrogen-bond acceptors (Lipinski definition) is 4. The molecule has 0 atom stereocenters. The molecule has 0 aromatic carbocycles. The van der Waals surface area contributed by atoms with Crippen molar-refractivity contribution in [3.8, 4) is 0 Å². The lowest BCUT2D eigenvalue weighted by Crippen LogP contribution is -2.24. The molecule has 2 aromatic rings. The van der Waals surface area contributed by atoms with Gasteiger partial charge >= 0.3 is 0 Å². The summed E-state index contributed by atoms with van der Waals surface area (Å²) in [5.74, 6) is 3.42. The van der Waals surface area contributed by atoms with Gasteiger partial charge in [-0.1, -0.05) is 13.8 Å². The van der Waals surface area contributed by atoms with Crippen molar-refractivity contribution < 1.29 is 8.83 Å². The second kappa shape index (κ2) is 5.63. The highest BCUT2D eigenvalue weighted by Gasteiger charge is 2.37. The van der Waals surface area contributed by atoms with Crippen LogP contribution in [0.3, 0.4) is 0 Å². The van der Waals surface area contributed by atoms with Gasteiger partial charge in [0, 0.05) is 0 Å². The molecule has 4 N–H and O–H groups in total. The molecule has 0 fully saturated rings. The van der Waals surface area contributed by atoms with Gasteiger partial charge in [-0.25, -0.2) is 0 Å². The number of hydrogen-bond donors (Lipinski definition) is 2. The lowest BCUT2D eigenvalue weighted by molar-refractivity contribution is 0.292. The van der Waals surface area contributed by atoms with Gasteiger partial charge in [0.25, 0.3) is 0 Å². The Balaban J connectivity index is 2.46. The maximum absolute atomic E-state index is 5.86. The summed E-state index contributed by atoms with van der Waals surface area (Å²) in [4.78, 5) is 0. The minimum absolute atomic E-state index is 0.235. The molecule has 19 heavy (non-hydrogen) atoms. The highest BCUT2D eigenvalue weighted by Crippen LogP contribution is 2.40. The molecule has 0 aliphatic heterocycles. The zero-order chi connectivity index (χ0) is 13.9. The summed E-state index contributed by atoms with van der Waals surface area (Å²) < 4.78 is 11.7. The molecule has 0 bridgehead atoms. The summed E-state index contributed by atoms with van der Waals surface area (Å²) in [6.45, 7) is 5.10. The topological polar surface area (TPSA) is 78.3 Å². The van der Waals surface area contributed by atoms with Crippen molar-refractivity contribution in [1.82, 2.24) is 0 Å². The number of rotatable bonds is 6. The highest BCUT2D eigenvalue weighted by atomic mass is 16.4. The van der Waals surface area contributed by atoms with Crippen LogP contribution in [0, 0.1) is 0 Å². The Morgan fingerprint density at radius 3 is 1.53 bits per heavy atom. The van der Waals surface area contributed by atoms with Crippen LogP contribution in [0.2, 0.25) is 0 Å². The van der Waals surface area contributed by atoms with Crippen LogP contribution in [0.4, 0.5) is 0 Å². The van der Waals surface area contributed by atoms with Gasteiger partial charge < -0.3 is 20.3 Å². The molecule has 0 amide bonds. The first kappa shape index (κ1) is 13.9. The van der Waals surface area contributed by atoms with Gasteiger partial charge in [-0.2, -0.15) is 0 Å². The summed E-state index contributed by atoms with van der Waals surface area (Å²) in [7, 11) is 0. The average Bonchev–Trinajstić information content (AvgIpc) is 3.10. The second-order valence-electron chi connectivity index (χ2n) is 4.73. The van der Waals surface area contributed by atoms with E-state index in [-0.39, 0.29) is 5.41 Å². The van der Waals surface area contributed by atoms with Gasteiger partial charge in [-0.05, 0) is 37.1 Å². The molecule has 0 radical (unpaired) electrons. The fourth-order valence-corrected chi connectivity index (χ4v) is 2.56. The van der Waals surface area contributed by atoms with Crippen LogP contribution in [0.25, 0.3) is 0 Å². The summed E-state index contributed by atoms with van der Waals surface area (Å²) in [6.07, 6.45) is 1.80. The molecular weight excluding hydrogens is 240 g/mol. The molecule has 0 aliphatic carbocycles. The number of furan rings is 2. The summed E-state index contributed by atoms with van der Waals surface area (Å²) in [5.41, 5.74) is 11.0. The zero-order valence-corrected chi connectivity index (χ0v) is 11.6. The summed E-state index contributed by atoms with van der Waals surface area (Å²) >= 11 is 0. The maximum Gasteiger partial charge on any atom is 0.117 e. The van der Waals surface area contributed by atoms with E-state index in [1.807, 2.05) is 24.3 Å². The Bertz CT molecular complexity index is 479. The molecule has 0 spiro atoms. The Hall–Kier alpha value is -1.52. The van der Waals surface area contributed by atoms with Crippen molar-refractivity contribution in [2.75, 3.05) is 0 Å². The van der Waals surface area contributed by atoms with E-state index < -0.39 is 0 Å². The molecule has 4 nitrogen and oxygen atoms in total. The van der Waals surface area contributed by atoms with Crippen LogP contribution in [0.1, 0.15) is 49.7 Å². The van der Waals surface area contributed by atoms with Crippen molar-refractivity contribution >= 4 is 0 Å². The standard InChI is InChI=1S/C15H22N2O2/c1-3-15(4-2,13-7-5-11(9-16)18-13)14-8-6-12(10-17)19-14/h5-8H,3-4,9-10,16-17H2,1-2H3. The van der Waals surface area contributed by atoms with Crippen molar-refractivity contribution in [3.63, 3.8) is 0 Å². The highest BCUT2D eigenvalue weighted by molar-refractivity contribution is 5.30. The van der Waals surface area contributed by atoms with Gasteiger partial charge in [0.1, 0.15) is 23.0 Å². The van der Waals surface area contributed by atoms with E-state index in [2.05, 4.69) is 13.8 Å². The van der Waals surface area contributed by atoms with Crippen LogP contribution in [-0.4, -0.2) is 0 Å². The average molecular weight is 262 g/mol. The lowest BCUT2D eigenvalue weighted by atomic mass is 9.78. The molecule has 4 heteroatoms. The molecule has 2 aromatic heterocycles. The second-order valence-corrected chi connectivity index (χ2v) is 4.73. The Kier molecular flexibility index (Phi) is 4.12. The van der Waals surface area contributed by atoms with E-state index in [1.165, 1.54) is 0 Å². The van der Waals surface area contributed by atoms with E-state index in [0.717, 1.165) is 35.9 Å². The van der Waals surface area contributed by atoms with Crippen LogP contribution in [0.15, 0.2) is 33.1 Å². The maximum atomic E-state index is 5.86. The van der Waals surface area contributed by atoms with Crippen LogP contribution >= 0.6 is 0 Å². The fourth-order valence-electron chi connectivity index (χ4n) is 2.56. The van der Waals surface area contributed by atoms with Crippen molar-refractivity contribution in [3.05, 3.63) is 47.3 Å². The normalized spacial score (nSPS) is 12.0. The summed E-state index contributed by atoms with van der Waals surface area (Å²) in [6, 6.07) is 7.87. The van der Waals surface area contributed by atoms with Crippen LogP contribution in [-0.2, 0) is 18.5 Å². The molecule has 2 rings (SSSR count). The Morgan fingerprint density at radius 2 is 1.26 bits per heavy atom. The van der Waals surface area contributed by atoms with Crippen LogP contribution < -0.4 is 11.5 Å². The molecule has 0 saturated heterocycles. The van der Waals surface area contributed by atoms with E-state index >= 15 is 0 Å². The first-order valence-electron chi connectivity index (χ1n) is 6.78. The molecule has 0 saturated carbocycles. The molecule has 104 valence electrons. The SMILES string of the molecule is CCC(CC)(c1ccc(CN)o1)c1ccc(CN)o1. The van der Waals surface area contributed by atoms with Gasteiger partial charge in [0.2, 0.25) is 0 Å². The molecular formula is C15H22N2O2. The number of nitrogens with two attached hydrogens (primary N) is 2. The monoisotopic (exact) mass is 262 g/mol. The van der Waals surface area contributed by atoms with E-state index in [9.17, 15) is 0 Å². The van der Waals surface area contributed by atoms with Gasteiger partial charge in [0.05, 0.1) is 18.5 Å². The first-order valence-corrected chi connectivity index (χ1v) is 6.78. The minimum Gasteiger partial charge on any atom is -0.464 e. The third-order valence-corrected chi connectivity index (χ3v) is 3.88. The largest absolute Gasteiger partial charge is 0.464 e. The predicted molar refractivity (Wildman–Crippen MR) is 74.6 cm³/mol. The predicted octanol–water partition coefficient (Wildman–Crippen LogP) is 2.90. The molecule has 0 unspecified atom stereocenters.